The molecule has 0 saturated carbocycles. The maximum absolute atomic E-state index is 13.4. The van der Waals surface area contributed by atoms with Gasteiger partial charge in [-0.1, -0.05) is 6.07 Å². The topological polar surface area (TPSA) is 44.5 Å². The normalized spacial score (nSPS) is 20.7. The van der Waals surface area contributed by atoms with Crippen LogP contribution in [0.25, 0.3) is 0 Å². The predicted molar refractivity (Wildman–Crippen MR) is 67.9 cm³/mol. The van der Waals surface area contributed by atoms with Gasteiger partial charge in [-0.25, -0.2) is 4.39 Å². The highest BCUT2D eigenvalue weighted by Gasteiger charge is 2.40. The monoisotopic (exact) mass is 253 g/mol. The van der Waals surface area contributed by atoms with Crippen molar-refractivity contribution in [2.24, 2.45) is 5.73 Å². The summed E-state index contributed by atoms with van der Waals surface area (Å²) in [6.45, 7) is 3.21. The van der Waals surface area contributed by atoms with Gasteiger partial charge in [0.15, 0.2) is 0 Å². The first-order valence-electron chi connectivity index (χ1n) is 6.23. The Hall–Kier alpha value is -0.970. The average molecular weight is 253 g/mol. The van der Waals surface area contributed by atoms with E-state index < -0.39 is 5.60 Å². The highest BCUT2D eigenvalue weighted by Crippen LogP contribution is 2.36. The van der Waals surface area contributed by atoms with Crippen LogP contribution in [0.3, 0.4) is 0 Å². The van der Waals surface area contributed by atoms with Crippen molar-refractivity contribution in [3.8, 4) is 0 Å². The minimum Gasteiger partial charge on any atom is -0.381 e. The number of halogens is 1. The second kappa shape index (κ2) is 5.34. The smallest absolute Gasteiger partial charge is 0.123 e. The first-order valence-corrected chi connectivity index (χ1v) is 6.23. The molecule has 1 fully saturated rings. The van der Waals surface area contributed by atoms with Gasteiger partial charge in [0, 0.05) is 33.2 Å². The molecule has 2 N–H and O–H groups in total. The van der Waals surface area contributed by atoms with Crippen LogP contribution in [0.5, 0.6) is 0 Å². The molecule has 1 aromatic rings. The third-order valence-electron chi connectivity index (χ3n) is 3.89. The van der Waals surface area contributed by atoms with E-state index in [1.807, 2.05) is 6.92 Å². The minimum absolute atomic E-state index is 0.260. The van der Waals surface area contributed by atoms with E-state index >= 15 is 0 Å². The standard InChI is InChI=1S/C14H20FNO2/c1-10-3-4-11(15)9-12(10)13(16)14(17-2)5-7-18-8-6-14/h3-4,9,13H,5-8,16H2,1-2H3. The molecule has 0 aromatic heterocycles. The Bertz CT molecular complexity index is 416. The average Bonchev–Trinajstić information content (AvgIpc) is 2.41. The summed E-state index contributed by atoms with van der Waals surface area (Å²) in [4.78, 5) is 0. The maximum Gasteiger partial charge on any atom is 0.123 e. The van der Waals surface area contributed by atoms with Gasteiger partial charge >= 0.3 is 0 Å². The van der Waals surface area contributed by atoms with E-state index in [9.17, 15) is 4.39 Å². The lowest BCUT2D eigenvalue weighted by Gasteiger charge is -2.41. The van der Waals surface area contributed by atoms with Crippen LogP contribution in [-0.4, -0.2) is 25.9 Å². The highest BCUT2D eigenvalue weighted by atomic mass is 19.1. The number of aryl methyl sites for hydroxylation is 1. The van der Waals surface area contributed by atoms with Crippen LogP contribution in [0, 0.1) is 12.7 Å². The number of hydrogen-bond donors (Lipinski definition) is 1. The highest BCUT2D eigenvalue weighted by molar-refractivity contribution is 5.31. The van der Waals surface area contributed by atoms with Gasteiger partial charge < -0.3 is 15.2 Å². The molecule has 18 heavy (non-hydrogen) atoms. The molecule has 1 saturated heterocycles. The molecule has 0 aliphatic carbocycles. The Morgan fingerprint density at radius 2 is 2.06 bits per heavy atom. The summed E-state index contributed by atoms with van der Waals surface area (Å²) in [5.41, 5.74) is 7.70. The summed E-state index contributed by atoms with van der Waals surface area (Å²) < 4.78 is 24.4. The molecule has 1 aromatic carbocycles. The predicted octanol–water partition coefficient (Wildman–Crippen LogP) is 2.33. The fraction of sp³-hybridized carbons (Fsp3) is 0.571. The summed E-state index contributed by atoms with van der Waals surface area (Å²) >= 11 is 0. The van der Waals surface area contributed by atoms with Crippen molar-refractivity contribution < 1.29 is 13.9 Å². The van der Waals surface area contributed by atoms with Crippen molar-refractivity contribution in [1.82, 2.24) is 0 Å². The molecule has 0 radical (unpaired) electrons. The Kier molecular flexibility index (Phi) is 4.00. The van der Waals surface area contributed by atoms with E-state index in [-0.39, 0.29) is 11.9 Å². The van der Waals surface area contributed by atoms with Crippen molar-refractivity contribution in [2.75, 3.05) is 20.3 Å². The van der Waals surface area contributed by atoms with Gasteiger partial charge in [0.05, 0.1) is 11.6 Å². The molecule has 0 spiro atoms. The first-order chi connectivity index (χ1) is 8.59. The Labute approximate surface area is 107 Å². The molecule has 2 rings (SSSR count). The summed E-state index contributed by atoms with van der Waals surface area (Å²) in [7, 11) is 1.67. The Morgan fingerprint density at radius 3 is 2.67 bits per heavy atom. The third kappa shape index (κ3) is 2.41. The van der Waals surface area contributed by atoms with Crippen LogP contribution >= 0.6 is 0 Å². The summed E-state index contributed by atoms with van der Waals surface area (Å²) in [6, 6.07) is 4.39. The Morgan fingerprint density at radius 1 is 1.39 bits per heavy atom. The molecule has 0 bridgehead atoms. The molecule has 100 valence electrons. The van der Waals surface area contributed by atoms with Crippen molar-refractivity contribution in [2.45, 2.75) is 31.4 Å². The zero-order chi connectivity index (χ0) is 13.2. The molecule has 4 heteroatoms. The number of methoxy groups -OCH3 is 1. The van der Waals surface area contributed by atoms with E-state index in [0.29, 0.717) is 13.2 Å². The van der Waals surface area contributed by atoms with Gasteiger partial charge in [-0.2, -0.15) is 0 Å². The van der Waals surface area contributed by atoms with Crippen molar-refractivity contribution in [1.29, 1.82) is 0 Å². The molecule has 1 unspecified atom stereocenters. The molecule has 1 atom stereocenters. The molecule has 1 aliphatic heterocycles. The molecular weight excluding hydrogens is 233 g/mol. The molecule has 1 aliphatic rings. The summed E-state index contributed by atoms with van der Waals surface area (Å²) in [6.07, 6.45) is 1.47. The van der Waals surface area contributed by atoms with Gasteiger partial charge in [0.1, 0.15) is 5.82 Å². The summed E-state index contributed by atoms with van der Waals surface area (Å²) in [5.74, 6) is -0.260. The van der Waals surface area contributed by atoms with Crippen LogP contribution < -0.4 is 5.73 Å². The summed E-state index contributed by atoms with van der Waals surface area (Å²) in [5, 5.41) is 0. The quantitative estimate of drug-likeness (QED) is 0.899. The van der Waals surface area contributed by atoms with E-state index in [1.165, 1.54) is 12.1 Å². The van der Waals surface area contributed by atoms with Crippen molar-refractivity contribution in [3.63, 3.8) is 0 Å². The van der Waals surface area contributed by atoms with Crippen LogP contribution in [-0.2, 0) is 9.47 Å². The van der Waals surface area contributed by atoms with E-state index in [2.05, 4.69) is 0 Å². The second-order valence-corrected chi connectivity index (χ2v) is 4.86. The van der Waals surface area contributed by atoms with E-state index in [4.69, 9.17) is 15.2 Å². The molecule has 0 amide bonds. The van der Waals surface area contributed by atoms with Gasteiger partial charge in [0.25, 0.3) is 0 Å². The zero-order valence-electron chi connectivity index (χ0n) is 10.9. The number of benzene rings is 1. The zero-order valence-corrected chi connectivity index (χ0v) is 10.9. The van der Waals surface area contributed by atoms with Crippen LogP contribution in [0.15, 0.2) is 18.2 Å². The number of nitrogens with two attached hydrogens (primary N) is 1. The molecular formula is C14H20FNO2. The van der Waals surface area contributed by atoms with E-state index in [1.54, 1.807) is 13.2 Å². The minimum atomic E-state index is -0.448. The van der Waals surface area contributed by atoms with Crippen LogP contribution in [0.4, 0.5) is 4.39 Å². The van der Waals surface area contributed by atoms with Gasteiger partial charge in [-0.15, -0.1) is 0 Å². The Balaban J connectivity index is 2.33. The lowest BCUT2D eigenvalue weighted by molar-refractivity contribution is -0.105. The molecule has 1 heterocycles. The van der Waals surface area contributed by atoms with Crippen LogP contribution in [0.1, 0.15) is 30.0 Å². The lowest BCUT2D eigenvalue weighted by Crippen LogP contribution is -2.47. The van der Waals surface area contributed by atoms with Gasteiger partial charge in [-0.3, -0.25) is 0 Å². The number of hydrogen-bond acceptors (Lipinski definition) is 3. The van der Waals surface area contributed by atoms with Crippen LogP contribution in [0.2, 0.25) is 0 Å². The lowest BCUT2D eigenvalue weighted by atomic mass is 9.81. The van der Waals surface area contributed by atoms with Gasteiger partial charge in [-0.05, 0) is 30.2 Å². The fourth-order valence-electron chi connectivity index (χ4n) is 2.59. The first kappa shape index (κ1) is 13.5. The third-order valence-corrected chi connectivity index (χ3v) is 3.89. The largest absolute Gasteiger partial charge is 0.381 e. The van der Waals surface area contributed by atoms with Crippen molar-refractivity contribution >= 4 is 0 Å². The second-order valence-electron chi connectivity index (χ2n) is 4.86. The number of ether oxygens (including phenoxy) is 2. The van der Waals surface area contributed by atoms with E-state index in [0.717, 1.165) is 24.0 Å². The van der Waals surface area contributed by atoms with Gasteiger partial charge in [0.2, 0.25) is 0 Å². The van der Waals surface area contributed by atoms with Crippen molar-refractivity contribution in [3.05, 3.63) is 35.1 Å². The fourth-order valence-corrected chi connectivity index (χ4v) is 2.59. The maximum atomic E-state index is 13.4. The molecule has 3 nitrogen and oxygen atoms in total. The SMILES string of the molecule is COC1(C(N)c2cc(F)ccc2C)CCOCC1. The number of rotatable bonds is 3.